The Morgan fingerprint density at radius 3 is 2.36 bits per heavy atom. The number of rotatable bonds is 4. The van der Waals surface area contributed by atoms with E-state index in [9.17, 15) is 9.59 Å². The minimum absolute atomic E-state index is 0.154. The average molecular weight is 354 g/mol. The number of benzene rings is 2. The number of carbonyl (C=O) groups is 2. The van der Waals surface area contributed by atoms with Gasteiger partial charge in [-0.2, -0.15) is 0 Å². The summed E-state index contributed by atoms with van der Waals surface area (Å²) < 4.78 is 1.90. The van der Waals surface area contributed by atoms with E-state index in [0.29, 0.717) is 10.6 Å². The Morgan fingerprint density at radius 2 is 1.64 bits per heavy atom. The van der Waals surface area contributed by atoms with E-state index in [1.807, 2.05) is 35.2 Å². The molecule has 2 aromatic carbocycles. The molecule has 25 heavy (non-hydrogen) atoms. The molecule has 0 aliphatic rings. The molecule has 6 heteroatoms. The third kappa shape index (κ3) is 4.49. The van der Waals surface area contributed by atoms with Crippen molar-refractivity contribution < 1.29 is 9.59 Å². The van der Waals surface area contributed by atoms with E-state index in [-0.39, 0.29) is 18.2 Å². The molecule has 2 N–H and O–H groups in total. The van der Waals surface area contributed by atoms with Crippen LogP contribution in [-0.2, 0) is 11.2 Å². The number of nitrogens with one attached hydrogen (secondary N) is 2. The maximum absolute atomic E-state index is 12.2. The first-order valence-electron chi connectivity index (χ1n) is 7.69. The topological polar surface area (TPSA) is 63.1 Å². The Hall–Kier alpha value is -3.05. The van der Waals surface area contributed by atoms with Gasteiger partial charge < -0.3 is 4.57 Å². The molecule has 0 atom stereocenters. The Morgan fingerprint density at radius 1 is 0.920 bits per heavy atom. The smallest absolute Gasteiger partial charge is 0.269 e. The summed E-state index contributed by atoms with van der Waals surface area (Å²) in [6.45, 7) is 0. The van der Waals surface area contributed by atoms with Crippen molar-refractivity contribution in [3.05, 3.63) is 89.2 Å². The van der Waals surface area contributed by atoms with E-state index in [0.717, 1.165) is 11.3 Å². The maximum atomic E-state index is 12.2. The Kier molecular flexibility index (Phi) is 5.16. The van der Waals surface area contributed by atoms with Gasteiger partial charge >= 0.3 is 0 Å². The highest BCUT2D eigenvalue weighted by Crippen LogP contribution is 2.11. The molecule has 0 unspecified atom stereocenters. The molecule has 0 spiro atoms. The number of nitrogens with zero attached hydrogens (tertiary/aromatic N) is 1. The fourth-order valence-corrected chi connectivity index (χ4v) is 2.47. The number of hydrazine groups is 1. The van der Waals surface area contributed by atoms with Gasteiger partial charge in [0.25, 0.3) is 5.91 Å². The molecule has 0 saturated heterocycles. The van der Waals surface area contributed by atoms with Crippen molar-refractivity contribution in [1.82, 2.24) is 15.4 Å². The fourth-order valence-electron chi connectivity index (χ4n) is 2.34. The molecule has 126 valence electrons. The van der Waals surface area contributed by atoms with Crippen molar-refractivity contribution in [1.29, 1.82) is 0 Å². The number of halogens is 1. The number of hydrogen-bond acceptors (Lipinski definition) is 2. The van der Waals surface area contributed by atoms with Crippen LogP contribution in [0.3, 0.4) is 0 Å². The second-order valence-electron chi connectivity index (χ2n) is 5.45. The molecule has 0 bridgehead atoms. The quantitative estimate of drug-likeness (QED) is 0.708. The van der Waals surface area contributed by atoms with Gasteiger partial charge in [-0.25, -0.2) is 0 Å². The SMILES string of the molecule is O=C(Cc1ccc(Cl)cc1)NNC(=O)c1cccc(-n2cccc2)c1. The lowest BCUT2D eigenvalue weighted by Gasteiger charge is -2.09. The van der Waals surface area contributed by atoms with Gasteiger partial charge in [0, 0.05) is 28.7 Å². The second-order valence-corrected chi connectivity index (χ2v) is 5.88. The summed E-state index contributed by atoms with van der Waals surface area (Å²) in [5.41, 5.74) is 6.98. The Balaban J connectivity index is 1.58. The fraction of sp³-hybridized carbons (Fsp3) is 0.0526. The number of aromatic nitrogens is 1. The van der Waals surface area contributed by atoms with Crippen LogP contribution >= 0.6 is 11.6 Å². The van der Waals surface area contributed by atoms with Crippen molar-refractivity contribution in [3.63, 3.8) is 0 Å². The monoisotopic (exact) mass is 353 g/mol. The highest BCUT2D eigenvalue weighted by Gasteiger charge is 2.09. The van der Waals surface area contributed by atoms with Gasteiger partial charge in [0.05, 0.1) is 6.42 Å². The number of hydrogen-bond donors (Lipinski definition) is 2. The van der Waals surface area contributed by atoms with Gasteiger partial charge in [0.1, 0.15) is 0 Å². The van der Waals surface area contributed by atoms with Crippen molar-refractivity contribution in [2.45, 2.75) is 6.42 Å². The predicted molar refractivity (Wildman–Crippen MR) is 96.5 cm³/mol. The van der Waals surface area contributed by atoms with Crippen LogP contribution in [0, 0.1) is 0 Å². The summed E-state index contributed by atoms with van der Waals surface area (Å²) >= 11 is 5.81. The summed E-state index contributed by atoms with van der Waals surface area (Å²) in [6.07, 6.45) is 3.94. The summed E-state index contributed by atoms with van der Waals surface area (Å²) in [5, 5.41) is 0.611. The normalized spacial score (nSPS) is 10.3. The first-order valence-corrected chi connectivity index (χ1v) is 8.07. The van der Waals surface area contributed by atoms with Crippen molar-refractivity contribution in [2.75, 3.05) is 0 Å². The molecular formula is C19H16ClN3O2. The lowest BCUT2D eigenvalue weighted by atomic mass is 10.1. The van der Waals surface area contributed by atoms with Crippen LogP contribution < -0.4 is 10.9 Å². The van der Waals surface area contributed by atoms with Gasteiger partial charge in [0.2, 0.25) is 5.91 Å². The molecule has 3 aromatic rings. The van der Waals surface area contributed by atoms with Crippen LogP contribution in [0.2, 0.25) is 5.02 Å². The van der Waals surface area contributed by atoms with Crippen molar-refractivity contribution >= 4 is 23.4 Å². The highest BCUT2D eigenvalue weighted by atomic mass is 35.5. The zero-order chi connectivity index (χ0) is 17.6. The molecule has 1 aromatic heterocycles. The molecule has 0 saturated carbocycles. The summed E-state index contributed by atoms with van der Waals surface area (Å²) in [6, 6.07) is 17.9. The minimum Gasteiger partial charge on any atom is -0.324 e. The van der Waals surface area contributed by atoms with Gasteiger partial charge in [-0.3, -0.25) is 20.4 Å². The van der Waals surface area contributed by atoms with Gasteiger partial charge in [-0.15, -0.1) is 0 Å². The molecular weight excluding hydrogens is 338 g/mol. The first-order chi connectivity index (χ1) is 12.1. The Labute approximate surface area is 150 Å². The van der Waals surface area contributed by atoms with Crippen molar-refractivity contribution in [2.24, 2.45) is 0 Å². The largest absolute Gasteiger partial charge is 0.324 e. The van der Waals surface area contributed by atoms with Crippen LogP contribution in [0.4, 0.5) is 0 Å². The minimum atomic E-state index is -0.376. The average Bonchev–Trinajstić information content (AvgIpc) is 3.16. The molecule has 0 aliphatic heterocycles. The molecule has 0 radical (unpaired) electrons. The number of carbonyl (C=O) groups excluding carboxylic acids is 2. The summed E-state index contributed by atoms with van der Waals surface area (Å²) in [7, 11) is 0. The van der Waals surface area contributed by atoms with E-state index >= 15 is 0 Å². The van der Waals surface area contributed by atoms with Gasteiger partial charge in [-0.1, -0.05) is 29.8 Å². The van der Waals surface area contributed by atoms with Gasteiger partial charge in [0.15, 0.2) is 0 Å². The molecule has 3 rings (SSSR count). The molecule has 0 fully saturated rings. The van der Waals surface area contributed by atoms with Crippen LogP contribution in [0.1, 0.15) is 15.9 Å². The van der Waals surface area contributed by atoms with E-state index in [4.69, 9.17) is 11.6 Å². The highest BCUT2D eigenvalue weighted by molar-refractivity contribution is 6.30. The first kappa shape index (κ1) is 16.8. The molecule has 5 nitrogen and oxygen atoms in total. The number of amides is 2. The predicted octanol–water partition coefficient (Wildman–Crippen LogP) is 3.13. The molecule has 0 aliphatic carbocycles. The van der Waals surface area contributed by atoms with Crippen LogP contribution in [0.15, 0.2) is 73.1 Å². The van der Waals surface area contributed by atoms with E-state index in [1.165, 1.54) is 0 Å². The lowest BCUT2D eigenvalue weighted by molar-refractivity contribution is -0.121. The maximum Gasteiger partial charge on any atom is 0.269 e. The molecule has 1 heterocycles. The van der Waals surface area contributed by atoms with Crippen molar-refractivity contribution in [3.8, 4) is 5.69 Å². The van der Waals surface area contributed by atoms with Gasteiger partial charge in [-0.05, 0) is 48.0 Å². The summed E-state index contributed by atoms with van der Waals surface area (Å²) in [4.78, 5) is 24.1. The third-order valence-electron chi connectivity index (χ3n) is 3.60. The lowest BCUT2D eigenvalue weighted by Crippen LogP contribution is -2.42. The zero-order valence-electron chi connectivity index (χ0n) is 13.3. The molecule has 2 amide bonds. The van der Waals surface area contributed by atoms with E-state index < -0.39 is 0 Å². The van der Waals surface area contributed by atoms with E-state index in [2.05, 4.69) is 10.9 Å². The van der Waals surface area contributed by atoms with E-state index in [1.54, 1.807) is 42.5 Å². The second kappa shape index (κ2) is 7.68. The van der Waals surface area contributed by atoms with Crippen LogP contribution in [0.25, 0.3) is 5.69 Å². The third-order valence-corrected chi connectivity index (χ3v) is 3.86. The zero-order valence-corrected chi connectivity index (χ0v) is 14.0. The van der Waals surface area contributed by atoms with Crippen LogP contribution in [0.5, 0.6) is 0 Å². The van der Waals surface area contributed by atoms with Crippen LogP contribution in [-0.4, -0.2) is 16.4 Å². The summed E-state index contributed by atoms with van der Waals surface area (Å²) in [5.74, 6) is -0.685. The Bertz CT molecular complexity index is 874. The standard InChI is InChI=1S/C19H16ClN3O2/c20-16-8-6-14(7-9-16)12-18(24)21-22-19(25)15-4-3-5-17(13-15)23-10-1-2-11-23/h1-11,13H,12H2,(H,21,24)(H,22,25).